The number of carbonyl (C=O) groups excluding carboxylic acids is 1. The Bertz CT molecular complexity index is 538. The monoisotopic (exact) mass is 273 g/mol. The first-order valence-electron chi connectivity index (χ1n) is 6.95. The largest absolute Gasteiger partial charge is 0.377 e. The van der Waals surface area contributed by atoms with Crippen LogP contribution in [-0.4, -0.2) is 22.7 Å². The second kappa shape index (κ2) is 4.74. The van der Waals surface area contributed by atoms with Gasteiger partial charge in [-0.25, -0.2) is 0 Å². The van der Waals surface area contributed by atoms with Crippen molar-refractivity contribution in [2.45, 2.75) is 46.3 Å². The van der Waals surface area contributed by atoms with E-state index in [-0.39, 0.29) is 11.9 Å². The van der Waals surface area contributed by atoms with Crippen LogP contribution in [0, 0.1) is 5.41 Å². The summed E-state index contributed by atoms with van der Waals surface area (Å²) in [6.07, 6.45) is 1.97. The Morgan fingerprint density at radius 2 is 1.80 bits per heavy atom. The summed E-state index contributed by atoms with van der Waals surface area (Å²) in [7, 11) is 0. The number of carbonyl (C=O) groups is 1. The van der Waals surface area contributed by atoms with E-state index in [9.17, 15) is 9.90 Å². The number of benzene rings is 1. The summed E-state index contributed by atoms with van der Waals surface area (Å²) < 4.78 is 0. The molecule has 108 valence electrons. The van der Waals surface area contributed by atoms with Crippen molar-refractivity contribution in [2.24, 2.45) is 5.41 Å². The van der Waals surface area contributed by atoms with Gasteiger partial charge in [-0.1, -0.05) is 50.6 Å². The minimum absolute atomic E-state index is 0.223. The van der Waals surface area contributed by atoms with Crippen LogP contribution in [-0.2, 0) is 4.79 Å². The maximum Gasteiger partial charge on any atom is 0.262 e. The lowest BCUT2D eigenvalue weighted by atomic mass is 9.64. The predicted molar refractivity (Wildman–Crippen MR) is 81.6 cm³/mol. The highest BCUT2D eigenvalue weighted by atomic mass is 16.3. The topological polar surface area (TPSA) is 40.5 Å². The van der Waals surface area contributed by atoms with Crippen molar-refractivity contribution in [3.63, 3.8) is 0 Å². The Morgan fingerprint density at radius 1 is 1.25 bits per heavy atom. The molecule has 3 nitrogen and oxygen atoms in total. The molecule has 2 atom stereocenters. The normalized spacial score (nSPS) is 26.2. The van der Waals surface area contributed by atoms with Crippen LogP contribution in [0.15, 0.2) is 42.0 Å². The van der Waals surface area contributed by atoms with E-state index < -0.39 is 11.0 Å². The van der Waals surface area contributed by atoms with Crippen LogP contribution < -0.4 is 4.90 Å². The van der Waals surface area contributed by atoms with Gasteiger partial charge in [0, 0.05) is 11.1 Å². The fourth-order valence-corrected chi connectivity index (χ4v) is 2.70. The lowest BCUT2D eigenvalue weighted by Gasteiger charge is -2.57. The number of para-hydroxylation sites is 1. The van der Waals surface area contributed by atoms with E-state index in [1.165, 1.54) is 0 Å². The van der Waals surface area contributed by atoms with Crippen LogP contribution in [0.4, 0.5) is 5.69 Å². The van der Waals surface area contributed by atoms with Gasteiger partial charge in [-0.3, -0.25) is 9.69 Å². The molecule has 1 aliphatic heterocycles. The molecule has 0 aromatic heterocycles. The lowest BCUT2D eigenvalue weighted by Crippen LogP contribution is -2.78. The Hall–Kier alpha value is -1.61. The summed E-state index contributed by atoms with van der Waals surface area (Å²) >= 11 is 0. The number of hydrogen-bond donors (Lipinski definition) is 1. The molecule has 0 spiro atoms. The van der Waals surface area contributed by atoms with Gasteiger partial charge in [-0.15, -0.1) is 0 Å². The molecule has 1 fully saturated rings. The third-order valence-corrected chi connectivity index (χ3v) is 3.92. The van der Waals surface area contributed by atoms with Crippen molar-refractivity contribution < 1.29 is 9.90 Å². The first-order valence-corrected chi connectivity index (χ1v) is 6.95. The van der Waals surface area contributed by atoms with Gasteiger partial charge < -0.3 is 5.11 Å². The zero-order chi connectivity index (χ0) is 15.1. The van der Waals surface area contributed by atoms with Gasteiger partial charge in [0.25, 0.3) is 5.91 Å². The van der Waals surface area contributed by atoms with Gasteiger partial charge in [0.2, 0.25) is 0 Å². The molecule has 1 amide bonds. The third-order valence-electron chi connectivity index (χ3n) is 3.92. The summed E-state index contributed by atoms with van der Waals surface area (Å²) in [5, 5.41) is 10.9. The molecule has 1 heterocycles. The van der Waals surface area contributed by atoms with Gasteiger partial charge in [0.1, 0.15) is 0 Å². The highest BCUT2D eigenvalue weighted by molar-refractivity contribution is 6.09. The predicted octanol–water partition coefficient (Wildman–Crippen LogP) is 3.15. The van der Waals surface area contributed by atoms with Gasteiger partial charge in [-0.05, 0) is 26.0 Å². The molecule has 0 bridgehead atoms. The minimum Gasteiger partial charge on any atom is -0.377 e. The Balaban J connectivity index is 2.47. The molecule has 1 aromatic rings. The average Bonchev–Trinajstić information content (AvgIpc) is 2.36. The fraction of sp³-hybridized carbons (Fsp3) is 0.471. The van der Waals surface area contributed by atoms with E-state index in [1.54, 1.807) is 4.90 Å². The van der Waals surface area contributed by atoms with Crippen LogP contribution in [0.5, 0.6) is 0 Å². The van der Waals surface area contributed by atoms with Crippen LogP contribution >= 0.6 is 0 Å². The van der Waals surface area contributed by atoms with Crippen molar-refractivity contribution >= 4 is 11.6 Å². The van der Waals surface area contributed by atoms with Crippen molar-refractivity contribution in [3.05, 3.63) is 42.0 Å². The second-order valence-electron chi connectivity index (χ2n) is 6.72. The maximum absolute atomic E-state index is 12.6. The quantitative estimate of drug-likeness (QED) is 0.664. The van der Waals surface area contributed by atoms with E-state index in [2.05, 4.69) is 0 Å². The van der Waals surface area contributed by atoms with Crippen molar-refractivity contribution in [3.8, 4) is 0 Å². The summed E-state index contributed by atoms with van der Waals surface area (Å²) in [6.45, 7) is 9.67. The van der Waals surface area contributed by atoms with Crippen LogP contribution in [0.3, 0.4) is 0 Å². The third kappa shape index (κ3) is 2.06. The van der Waals surface area contributed by atoms with Gasteiger partial charge >= 0.3 is 0 Å². The molecule has 1 N–H and O–H groups in total. The molecular formula is C17H23NO2. The van der Waals surface area contributed by atoms with E-state index in [1.807, 2.05) is 71.0 Å². The molecule has 1 aliphatic rings. The maximum atomic E-state index is 12.6. The number of rotatable bonds is 2. The molecule has 0 radical (unpaired) electrons. The molecule has 2 unspecified atom stereocenters. The molecule has 0 aliphatic carbocycles. The Kier molecular flexibility index (Phi) is 3.51. The van der Waals surface area contributed by atoms with Crippen molar-refractivity contribution in [2.75, 3.05) is 4.90 Å². The molecule has 0 saturated carbocycles. The number of β-lactam (4-membered cyclic amide) rings is 1. The average molecular weight is 273 g/mol. The van der Waals surface area contributed by atoms with E-state index >= 15 is 0 Å². The first kappa shape index (κ1) is 14.8. The smallest absolute Gasteiger partial charge is 0.262 e. The number of amides is 1. The molecular weight excluding hydrogens is 250 g/mol. The molecule has 20 heavy (non-hydrogen) atoms. The van der Waals surface area contributed by atoms with Gasteiger partial charge in [0.05, 0.1) is 6.04 Å². The lowest BCUT2D eigenvalue weighted by molar-refractivity contribution is -0.167. The molecule has 1 saturated heterocycles. The number of allylic oxidation sites excluding steroid dienone is 1. The summed E-state index contributed by atoms with van der Waals surface area (Å²) in [6, 6.07) is 9.19. The summed E-state index contributed by atoms with van der Waals surface area (Å²) in [5.74, 6) is -0.223. The number of aliphatic hydroxyl groups is 1. The Labute approximate surface area is 120 Å². The highest BCUT2D eigenvalue weighted by Crippen LogP contribution is 2.47. The first-order chi connectivity index (χ1) is 9.19. The van der Waals surface area contributed by atoms with Gasteiger partial charge in [-0.2, -0.15) is 0 Å². The molecule has 1 aromatic carbocycles. The summed E-state index contributed by atoms with van der Waals surface area (Å²) in [5.41, 5.74) is 0.0616. The SMILES string of the molecule is CC(C)=CC1N(c2ccccc2)C(=O)C1(O)C(C)(C)C. The number of anilines is 1. The second-order valence-corrected chi connectivity index (χ2v) is 6.72. The van der Waals surface area contributed by atoms with E-state index in [0.717, 1.165) is 11.3 Å². The number of nitrogens with zero attached hydrogens (tertiary/aromatic N) is 1. The van der Waals surface area contributed by atoms with Crippen molar-refractivity contribution in [1.82, 2.24) is 0 Å². The van der Waals surface area contributed by atoms with E-state index in [4.69, 9.17) is 0 Å². The van der Waals surface area contributed by atoms with Crippen LogP contribution in [0.2, 0.25) is 0 Å². The Morgan fingerprint density at radius 3 is 2.25 bits per heavy atom. The fourth-order valence-electron chi connectivity index (χ4n) is 2.70. The zero-order valence-electron chi connectivity index (χ0n) is 12.8. The number of hydrogen-bond acceptors (Lipinski definition) is 2. The van der Waals surface area contributed by atoms with Crippen molar-refractivity contribution in [1.29, 1.82) is 0 Å². The highest BCUT2D eigenvalue weighted by Gasteiger charge is 2.65. The minimum atomic E-state index is -1.35. The molecule has 2 rings (SSSR count). The summed E-state index contributed by atoms with van der Waals surface area (Å²) in [4.78, 5) is 14.2. The van der Waals surface area contributed by atoms with Gasteiger partial charge in [0.15, 0.2) is 5.60 Å². The van der Waals surface area contributed by atoms with Crippen LogP contribution in [0.25, 0.3) is 0 Å². The van der Waals surface area contributed by atoms with Crippen LogP contribution in [0.1, 0.15) is 34.6 Å². The van der Waals surface area contributed by atoms with E-state index in [0.29, 0.717) is 0 Å². The zero-order valence-corrected chi connectivity index (χ0v) is 12.8. The standard InChI is InChI=1S/C17H23NO2/c1-12(2)11-14-17(20,16(3,4)5)15(19)18(14)13-9-7-6-8-10-13/h6-11,14,20H,1-5H3. The molecule has 3 heteroatoms.